The Hall–Kier alpha value is -2.22. The molecule has 0 unspecified atom stereocenters. The Morgan fingerprint density at radius 3 is 2.45 bits per heavy atom. The zero-order chi connectivity index (χ0) is 15.1. The lowest BCUT2D eigenvalue weighted by Gasteiger charge is -2.09. The summed E-state index contributed by atoms with van der Waals surface area (Å²) in [4.78, 5) is 10.7. The number of hydrogen-bond acceptors (Lipinski definition) is 3. The summed E-state index contributed by atoms with van der Waals surface area (Å²) in [7, 11) is 0. The van der Waals surface area contributed by atoms with Crippen molar-refractivity contribution in [2.45, 2.75) is 6.18 Å². The molecule has 1 aromatic carbocycles. The summed E-state index contributed by atoms with van der Waals surface area (Å²) >= 11 is 5.60. The van der Waals surface area contributed by atoms with Crippen molar-refractivity contribution >= 4 is 17.6 Å². The van der Waals surface area contributed by atoms with E-state index >= 15 is 0 Å². The van der Waals surface area contributed by atoms with Gasteiger partial charge in [0.1, 0.15) is 0 Å². The summed E-state index contributed by atoms with van der Waals surface area (Å²) in [5, 5.41) is 21.4. The van der Waals surface area contributed by atoms with Crippen molar-refractivity contribution in [3.63, 3.8) is 0 Å². The molecular formula is C11H6ClF3N2O3. The zero-order valence-corrected chi connectivity index (χ0v) is 10.3. The third-order valence-electron chi connectivity index (χ3n) is 2.37. The average molecular weight is 307 g/mol. The SMILES string of the molecule is O=C(O)c1nn(-c2cc(Cl)cc(C(F)(F)F)c2)cc1O. The number of aromatic nitrogens is 2. The second-order valence-electron chi connectivity index (χ2n) is 3.81. The topological polar surface area (TPSA) is 75.3 Å². The Bertz CT molecular complexity index is 682. The first-order valence-corrected chi connectivity index (χ1v) is 5.46. The molecule has 0 aliphatic heterocycles. The van der Waals surface area contributed by atoms with E-state index < -0.39 is 29.2 Å². The molecule has 1 heterocycles. The third kappa shape index (κ3) is 2.69. The largest absolute Gasteiger partial charge is 0.504 e. The second-order valence-corrected chi connectivity index (χ2v) is 4.24. The number of rotatable bonds is 2. The maximum absolute atomic E-state index is 12.6. The highest BCUT2D eigenvalue weighted by atomic mass is 35.5. The first-order chi connectivity index (χ1) is 9.18. The van der Waals surface area contributed by atoms with Crippen LogP contribution in [0.15, 0.2) is 24.4 Å². The van der Waals surface area contributed by atoms with Crippen LogP contribution in [0.25, 0.3) is 5.69 Å². The van der Waals surface area contributed by atoms with Crippen LogP contribution in [-0.4, -0.2) is 26.0 Å². The second kappa shape index (κ2) is 4.71. The molecule has 5 nitrogen and oxygen atoms in total. The van der Waals surface area contributed by atoms with Gasteiger partial charge in [0, 0.05) is 5.02 Å². The van der Waals surface area contributed by atoms with E-state index in [0.29, 0.717) is 0 Å². The summed E-state index contributed by atoms with van der Waals surface area (Å²) in [6, 6.07) is 2.63. The van der Waals surface area contributed by atoms with Crippen LogP contribution < -0.4 is 0 Å². The van der Waals surface area contributed by atoms with Crippen LogP contribution in [0.5, 0.6) is 5.75 Å². The van der Waals surface area contributed by atoms with E-state index in [2.05, 4.69) is 5.10 Å². The minimum atomic E-state index is -4.61. The first kappa shape index (κ1) is 14.2. The number of halogens is 4. The van der Waals surface area contributed by atoms with Gasteiger partial charge in [0.15, 0.2) is 5.75 Å². The molecule has 0 spiro atoms. The van der Waals surface area contributed by atoms with Crippen LogP contribution in [0.1, 0.15) is 16.1 Å². The van der Waals surface area contributed by atoms with Crippen LogP contribution in [0.3, 0.4) is 0 Å². The van der Waals surface area contributed by atoms with Gasteiger partial charge in [-0.2, -0.15) is 18.3 Å². The minimum absolute atomic E-state index is 0.118. The molecular weight excluding hydrogens is 301 g/mol. The summed E-state index contributed by atoms with van der Waals surface area (Å²) < 4.78 is 38.7. The van der Waals surface area contributed by atoms with Crippen LogP contribution in [0, 0.1) is 0 Å². The smallest absolute Gasteiger partial charge is 0.416 e. The van der Waals surface area contributed by atoms with Crippen molar-refractivity contribution in [1.82, 2.24) is 9.78 Å². The van der Waals surface area contributed by atoms with E-state index in [1.807, 2.05) is 0 Å². The van der Waals surface area contributed by atoms with Gasteiger partial charge in [0.25, 0.3) is 0 Å². The molecule has 0 fully saturated rings. The van der Waals surface area contributed by atoms with E-state index in [-0.39, 0.29) is 10.7 Å². The van der Waals surface area contributed by atoms with Crippen LogP contribution >= 0.6 is 11.6 Å². The van der Waals surface area contributed by atoms with E-state index in [1.54, 1.807) is 0 Å². The van der Waals surface area contributed by atoms with Gasteiger partial charge in [-0.3, -0.25) is 0 Å². The Kier molecular flexibility index (Phi) is 3.34. The van der Waals surface area contributed by atoms with Gasteiger partial charge >= 0.3 is 12.1 Å². The highest BCUT2D eigenvalue weighted by Crippen LogP contribution is 2.33. The maximum atomic E-state index is 12.6. The Labute approximate surface area is 114 Å². The number of aromatic carboxylic acids is 1. The highest BCUT2D eigenvalue weighted by molar-refractivity contribution is 6.30. The molecule has 2 rings (SSSR count). The fraction of sp³-hybridized carbons (Fsp3) is 0.0909. The number of hydrogen-bond donors (Lipinski definition) is 2. The lowest BCUT2D eigenvalue weighted by molar-refractivity contribution is -0.137. The fourth-order valence-electron chi connectivity index (χ4n) is 1.52. The van der Waals surface area contributed by atoms with Gasteiger partial charge in [0.05, 0.1) is 17.4 Å². The number of carbonyl (C=O) groups is 1. The zero-order valence-electron chi connectivity index (χ0n) is 9.52. The molecule has 20 heavy (non-hydrogen) atoms. The standard InChI is InChI=1S/C11H6ClF3N2O3/c12-6-1-5(11(13,14)15)2-7(3-6)17-4-8(18)9(16-17)10(19)20/h1-4,18H,(H,19,20). The molecule has 0 amide bonds. The van der Waals surface area contributed by atoms with E-state index in [9.17, 15) is 23.1 Å². The van der Waals surface area contributed by atoms with E-state index in [4.69, 9.17) is 16.7 Å². The van der Waals surface area contributed by atoms with Gasteiger partial charge < -0.3 is 10.2 Å². The predicted octanol–water partition coefficient (Wildman–Crippen LogP) is 2.95. The molecule has 9 heteroatoms. The minimum Gasteiger partial charge on any atom is -0.504 e. The van der Waals surface area contributed by atoms with E-state index in [1.165, 1.54) is 0 Å². The van der Waals surface area contributed by atoms with Gasteiger partial charge in [-0.05, 0) is 18.2 Å². The summed E-state index contributed by atoms with van der Waals surface area (Å²) in [5.41, 5.74) is -1.79. The van der Waals surface area contributed by atoms with Crippen molar-refractivity contribution in [3.8, 4) is 11.4 Å². The normalized spacial score (nSPS) is 11.6. The molecule has 0 aliphatic rings. The number of aromatic hydroxyl groups is 1. The van der Waals surface area contributed by atoms with Gasteiger partial charge in [-0.15, -0.1) is 0 Å². The van der Waals surface area contributed by atoms with E-state index in [0.717, 1.165) is 29.1 Å². The molecule has 1 aromatic heterocycles. The fourth-order valence-corrected chi connectivity index (χ4v) is 1.75. The van der Waals surface area contributed by atoms with Crippen LogP contribution in [-0.2, 0) is 6.18 Å². The van der Waals surface area contributed by atoms with Crippen molar-refractivity contribution < 1.29 is 28.2 Å². The van der Waals surface area contributed by atoms with Crippen LogP contribution in [0.2, 0.25) is 5.02 Å². The highest BCUT2D eigenvalue weighted by Gasteiger charge is 2.31. The number of benzene rings is 1. The first-order valence-electron chi connectivity index (χ1n) is 5.08. The summed E-state index contributed by atoms with van der Waals surface area (Å²) in [6.07, 6.45) is -3.72. The lowest BCUT2D eigenvalue weighted by Crippen LogP contribution is -2.07. The molecule has 106 valence electrons. The van der Waals surface area contributed by atoms with Crippen molar-refractivity contribution in [1.29, 1.82) is 0 Å². The molecule has 0 bridgehead atoms. The molecule has 0 saturated heterocycles. The van der Waals surface area contributed by atoms with Crippen molar-refractivity contribution in [2.75, 3.05) is 0 Å². The number of nitrogens with zero attached hydrogens (tertiary/aromatic N) is 2. The molecule has 0 radical (unpaired) electrons. The molecule has 2 N–H and O–H groups in total. The average Bonchev–Trinajstić information content (AvgIpc) is 2.69. The Morgan fingerprint density at radius 1 is 1.30 bits per heavy atom. The van der Waals surface area contributed by atoms with Gasteiger partial charge in [-0.25, -0.2) is 9.48 Å². The van der Waals surface area contributed by atoms with Gasteiger partial charge in [-0.1, -0.05) is 11.6 Å². The lowest BCUT2D eigenvalue weighted by atomic mass is 10.2. The molecule has 0 aliphatic carbocycles. The number of carboxylic acid groups (broad SMARTS) is 1. The Balaban J connectivity index is 2.56. The maximum Gasteiger partial charge on any atom is 0.416 e. The third-order valence-corrected chi connectivity index (χ3v) is 2.59. The number of carboxylic acids is 1. The predicted molar refractivity (Wildman–Crippen MR) is 62.2 cm³/mol. The molecule has 2 aromatic rings. The quantitative estimate of drug-likeness (QED) is 0.894. The number of alkyl halides is 3. The molecule has 0 saturated carbocycles. The molecule has 0 atom stereocenters. The van der Waals surface area contributed by atoms with Crippen molar-refractivity contribution in [2.24, 2.45) is 0 Å². The summed E-state index contributed by atoms with van der Waals surface area (Å²) in [6.45, 7) is 0. The monoisotopic (exact) mass is 306 g/mol. The van der Waals surface area contributed by atoms with Gasteiger partial charge in [0.2, 0.25) is 5.69 Å². The van der Waals surface area contributed by atoms with Crippen LogP contribution in [0.4, 0.5) is 13.2 Å². The summed E-state index contributed by atoms with van der Waals surface area (Å²) in [5.74, 6) is -2.16. The van der Waals surface area contributed by atoms with Crippen molar-refractivity contribution in [3.05, 3.63) is 40.7 Å². The Morgan fingerprint density at radius 2 is 1.95 bits per heavy atom.